The number of nitriles is 1. The van der Waals surface area contributed by atoms with Gasteiger partial charge in [0.15, 0.2) is 6.10 Å². The predicted octanol–water partition coefficient (Wildman–Crippen LogP) is 2.51. The number of esters is 1. The van der Waals surface area contributed by atoms with Gasteiger partial charge in [0.25, 0.3) is 5.91 Å². The zero-order chi connectivity index (χ0) is 15.9. The number of carbonyl (C=O) groups excluding carboxylic acids is 2. The third-order valence-electron chi connectivity index (χ3n) is 3.78. The van der Waals surface area contributed by atoms with Gasteiger partial charge >= 0.3 is 5.97 Å². The minimum absolute atomic E-state index is 0.147. The van der Waals surface area contributed by atoms with Crippen molar-refractivity contribution in [3.8, 4) is 6.07 Å². The van der Waals surface area contributed by atoms with E-state index in [1.807, 2.05) is 6.07 Å². The Morgan fingerprint density at radius 1 is 1.23 bits per heavy atom. The van der Waals surface area contributed by atoms with E-state index in [1.54, 1.807) is 30.0 Å². The Morgan fingerprint density at radius 2 is 1.91 bits per heavy atom. The number of hydrogen-bond acceptors (Lipinski definition) is 4. The number of hydrogen-bond donors (Lipinski definition) is 0. The number of nitrogens with zero attached hydrogens (tertiary/aromatic N) is 2. The summed E-state index contributed by atoms with van der Waals surface area (Å²) in [4.78, 5) is 26.2. The van der Waals surface area contributed by atoms with Gasteiger partial charge in [-0.3, -0.25) is 4.79 Å². The molecule has 1 aromatic carbocycles. The summed E-state index contributed by atoms with van der Waals surface area (Å²) in [5.74, 6) is -0.723. The second kappa shape index (κ2) is 7.60. The fourth-order valence-corrected chi connectivity index (χ4v) is 2.54. The Hall–Kier alpha value is -2.35. The molecule has 0 radical (unpaired) electrons. The average molecular weight is 300 g/mol. The molecular weight excluding hydrogens is 280 g/mol. The molecule has 0 aliphatic carbocycles. The summed E-state index contributed by atoms with van der Waals surface area (Å²) in [5, 5.41) is 8.85. The lowest BCUT2D eigenvalue weighted by Gasteiger charge is -2.24. The van der Waals surface area contributed by atoms with Gasteiger partial charge in [0.05, 0.1) is 17.2 Å². The summed E-state index contributed by atoms with van der Waals surface area (Å²) in [5.41, 5.74) is 0.676. The lowest BCUT2D eigenvalue weighted by atomic mass is 10.1. The van der Waals surface area contributed by atoms with Crippen LogP contribution in [-0.2, 0) is 9.53 Å². The summed E-state index contributed by atoms with van der Waals surface area (Å²) < 4.78 is 5.25. The smallest absolute Gasteiger partial charge is 0.338 e. The van der Waals surface area contributed by atoms with E-state index in [0.717, 1.165) is 38.8 Å². The fraction of sp³-hybridized carbons (Fsp3) is 0.471. The van der Waals surface area contributed by atoms with Crippen LogP contribution >= 0.6 is 0 Å². The van der Waals surface area contributed by atoms with Crippen molar-refractivity contribution >= 4 is 11.9 Å². The molecule has 1 atom stereocenters. The monoisotopic (exact) mass is 300 g/mol. The summed E-state index contributed by atoms with van der Waals surface area (Å²) in [6, 6.07) is 8.25. The summed E-state index contributed by atoms with van der Waals surface area (Å²) in [7, 11) is 0. The molecule has 0 spiro atoms. The SMILES string of the molecule is CC(OC(=O)c1cccc(C#N)c1)C(=O)N1CCCCCC1. The van der Waals surface area contributed by atoms with E-state index in [4.69, 9.17) is 10.00 Å². The van der Waals surface area contributed by atoms with E-state index in [2.05, 4.69) is 0 Å². The van der Waals surface area contributed by atoms with Gasteiger partial charge in [-0.25, -0.2) is 4.79 Å². The van der Waals surface area contributed by atoms with Crippen LogP contribution < -0.4 is 0 Å². The number of carbonyl (C=O) groups is 2. The molecule has 1 aliphatic rings. The molecular formula is C17H20N2O3. The van der Waals surface area contributed by atoms with Crippen LogP contribution in [0.1, 0.15) is 48.5 Å². The maximum atomic E-state index is 12.3. The molecule has 0 aromatic heterocycles. The zero-order valence-electron chi connectivity index (χ0n) is 12.7. The third-order valence-corrected chi connectivity index (χ3v) is 3.78. The molecule has 5 nitrogen and oxygen atoms in total. The Balaban J connectivity index is 1.97. The first-order valence-electron chi connectivity index (χ1n) is 7.62. The number of amides is 1. The van der Waals surface area contributed by atoms with Crippen molar-refractivity contribution in [3.05, 3.63) is 35.4 Å². The topological polar surface area (TPSA) is 70.4 Å². The first-order chi connectivity index (χ1) is 10.6. The Labute approximate surface area is 130 Å². The van der Waals surface area contributed by atoms with E-state index in [-0.39, 0.29) is 11.5 Å². The maximum Gasteiger partial charge on any atom is 0.338 e. The van der Waals surface area contributed by atoms with Crippen molar-refractivity contribution in [2.45, 2.75) is 38.7 Å². The molecule has 1 saturated heterocycles. The van der Waals surface area contributed by atoms with Crippen LogP contribution in [0.4, 0.5) is 0 Å². The standard InChI is InChI=1S/C17H20N2O3/c1-13(16(20)19-9-4-2-3-5-10-19)22-17(21)15-8-6-7-14(11-15)12-18/h6-8,11,13H,2-5,9-10H2,1H3. The van der Waals surface area contributed by atoms with E-state index in [0.29, 0.717) is 5.56 Å². The highest BCUT2D eigenvalue weighted by Gasteiger charge is 2.24. The molecule has 0 N–H and O–H groups in total. The Bertz CT molecular complexity index is 584. The zero-order valence-corrected chi connectivity index (χ0v) is 12.7. The van der Waals surface area contributed by atoms with Gasteiger partial charge in [0.2, 0.25) is 0 Å². The van der Waals surface area contributed by atoms with Gasteiger partial charge in [-0.1, -0.05) is 18.9 Å². The van der Waals surface area contributed by atoms with Crippen molar-refractivity contribution < 1.29 is 14.3 Å². The van der Waals surface area contributed by atoms with E-state index >= 15 is 0 Å². The van der Waals surface area contributed by atoms with Crippen molar-refractivity contribution in [3.63, 3.8) is 0 Å². The summed E-state index contributed by atoms with van der Waals surface area (Å²) in [6.45, 7) is 3.05. The largest absolute Gasteiger partial charge is 0.449 e. The summed E-state index contributed by atoms with van der Waals surface area (Å²) in [6.07, 6.45) is 3.46. The quantitative estimate of drug-likeness (QED) is 0.804. The maximum absolute atomic E-state index is 12.3. The van der Waals surface area contributed by atoms with Crippen LogP contribution in [0, 0.1) is 11.3 Å². The Kier molecular flexibility index (Phi) is 5.54. The van der Waals surface area contributed by atoms with Gasteiger partial charge in [-0.05, 0) is 38.0 Å². The minimum Gasteiger partial charge on any atom is -0.449 e. The number of rotatable bonds is 3. The highest BCUT2D eigenvalue weighted by atomic mass is 16.5. The highest BCUT2D eigenvalue weighted by molar-refractivity contribution is 5.92. The van der Waals surface area contributed by atoms with Crippen LogP contribution in [0.15, 0.2) is 24.3 Å². The first-order valence-corrected chi connectivity index (χ1v) is 7.62. The molecule has 1 heterocycles. The van der Waals surface area contributed by atoms with Gasteiger partial charge in [-0.2, -0.15) is 5.26 Å². The van der Waals surface area contributed by atoms with Gasteiger partial charge in [-0.15, -0.1) is 0 Å². The molecule has 1 fully saturated rings. The van der Waals surface area contributed by atoms with Crippen LogP contribution in [-0.4, -0.2) is 36.0 Å². The van der Waals surface area contributed by atoms with Gasteiger partial charge in [0, 0.05) is 13.1 Å². The van der Waals surface area contributed by atoms with Gasteiger partial charge in [0.1, 0.15) is 0 Å². The molecule has 1 aliphatic heterocycles. The van der Waals surface area contributed by atoms with Crippen molar-refractivity contribution in [1.82, 2.24) is 4.90 Å². The molecule has 22 heavy (non-hydrogen) atoms. The fourth-order valence-electron chi connectivity index (χ4n) is 2.54. The average Bonchev–Trinajstić information content (AvgIpc) is 2.83. The number of ether oxygens (including phenoxy) is 1. The lowest BCUT2D eigenvalue weighted by molar-refractivity contribution is -0.139. The normalized spacial score (nSPS) is 16.3. The van der Waals surface area contributed by atoms with E-state index in [1.165, 1.54) is 6.07 Å². The van der Waals surface area contributed by atoms with Crippen LogP contribution in [0.2, 0.25) is 0 Å². The molecule has 0 saturated carbocycles. The minimum atomic E-state index is -0.809. The second-order valence-corrected chi connectivity index (χ2v) is 5.48. The molecule has 116 valence electrons. The molecule has 1 aromatic rings. The number of likely N-dealkylation sites (tertiary alicyclic amines) is 1. The third kappa shape index (κ3) is 4.08. The van der Waals surface area contributed by atoms with E-state index in [9.17, 15) is 9.59 Å². The lowest BCUT2D eigenvalue weighted by Crippen LogP contribution is -2.40. The first kappa shape index (κ1) is 16.0. The number of benzene rings is 1. The Morgan fingerprint density at radius 3 is 2.55 bits per heavy atom. The second-order valence-electron chi connectivity index (χ2n) is 5.48. The van der Waals surface area contributed by atoms with Crippen LogP contribution in [0.3, 0.4) is 0 Å². The predicted molar refractivity (Wildman–Crippen MR) is 81.1 cm³/mol. The molecule has 5 heteroatoms. The van der Waals surface area contributed by atoms with Crippen LogP contribution in [0.25, 0.3) is 0 Å². The summed E-state index contributed by atoms with van der Waals surface area (Å²) >= 11 is 0. The molecule has 2 rings (SSSR count). The van der Waals surface area contributed by atoms with Gasteiger partial charge < -0.3 is 9.64 Å². The molecule has 1 amide bonds. The molecule has 1 unspecified atom stereocenters. The van der Waals surface area contributed by atoms with Crippen molar-refractivity contribution in [1.29, 1.82) is 5.26 Å². The highest BCUT2D eigenvalue weighted by Crippen LogP contribution is 2.13. The van der Waals surface area contributed by atoms with Crippen molar-refractivity contribution in [2.24, 2.45) is 0 Å². The van der Waals surface area contributed by atoms with E-state index < -0.39 is 12.1 Å². The molecule has 0 bridgehead atoms. The van der Waals surface area contributed by atoms with Crippen LogP contribution in [0.5, 0.6) is 0 Å². The van der Waals surface area contributed by atoms with Crippen molar-refractivity contribution in [2.75, 3.05) is 13.1 Å².